The van der Waals surface area contributed by atoms with E-state index in [4.69, 9.17) is 14.3 Å². The lowest BCUT2D eigenvalue weighted by Gasteiger charge is -2.07. The van der Waals surface area contributed by atoms with Gasteiger partial charge in [0.2, 0.25) is 0 Å². The largest absolute Gasteiger partial charge is 0.448 e. The zero-order chi connectivity index (χ0) is 9.68. The predicted octanol–water partition coefficient (Wildman–Crippen LogP) is 0.992. The predicted molar refractivity (Wildman–Crippen MR) is 47.2 cm³/mol. The maximum Gasteiger partial charge on any atom is 0.181 e. The van der Waals surface area contributed by atoms with Crippen LogP contribution in [0.3, 0.4) is 0 Å². The van der Waals surface area contributed by atoms with Gasteiger partial charge in [-0.2, -0.15) is 0 Å². The minimum Gasteiger partial charge on any atom is -0.448 e. The quantitative estimate of drug-likeness (QED) is 0.743. The lowest BCUT2D eigenvalue weighted by atomic mass is 10.1. The number of hydrogen-bond acceptors (Lipinski definition) is 4. The Labute approximate surface area is 77.5 Å². The average Bonchev–Trinajstić information content (AvgIpc) is 2.52. The molecule has 0 bridgehead atoms. The van der Waals surface area contributed by atoms with Crippen LogP contribution in [0.2, 0.25) is 0 Å². The van der Waals surface area contributed by atoms with Gasteiger partial charge in [0, 0.05) is 20.1 Å². The standard InChI is InChI=1S/C9H15NO3/c1-7(5-12-2)3-9-8(4-11)10-6-13-9/h6-7,11H,3-5H2,1-2H3. The molecule has 0 saturated heterocycles. The molecule has 1 atom stereocenters. The summed E-state index contributed by atoms with van der Waals surface area (Å²) in [6.07, 6.45) is 2.12. The van der Waals surface area contributed by atoms with E-state index < -0.39 is 0 Å². The summed E-state index contributed by atoms with van der Waals surface area (Å²) in [5, 5.41) is 8.90. The fourth-order valence-electron chi connectivity index (χ4n) is 1.25. The van der Waals surface area contributed by atoms with Gasteiger partial charge >= 0.3 is 0 Å². The van der Waals surface area contributed by atoms with Crippen molar-refractivity contribution in [2.45, 2.75) is 20.0 Å². The number of rotatable bonds is 5. The van der Waals surface area contributed by atoms with Crippen LogP contribution in [-0.4, -0.2) is 23.8 Å². The molecule has 0 aliphatic rings. The first-order valence-corrected chi connectivity index (χ1v) is 4.29. The van der Waals surface area contributed by atoms with Crippen molar-refractivity contribution in [2.75, 3.05) is 13.7 Å². The molecule has 4 nitrogen and oxygen atoms in total. The van der Waals surface area contributed by atoms with Gasteiger partial charge in [0.05, 0.1) is 6.61 Å². The van der Waals surface area contributed by atoms with Crippen LogP contribution in [0.4, 0.5) is 0 Å². The van der Waals surface area contributed by atoms with Crippen molar-refractivity contribution in [3.63, 3.8) is 0 Å². The number of aromatic nitrogens is 1. The fraction of sp³-hybridized carbons (Fsp3) is 0.667. The minimum absolute atomic E-state index is 0.0640. The van der Waals surface area contributed by atoms with Gasteiger partial charge in [-0.25, -0.2) is 4.98 Å². The summed E-state index contributed by atoms with van der Waals surface area (Å²) in [5.41, 5.74) is 0.628. The maximum atomic E-state index is 8.90. The van der Waals surface area contributed by atoms with E-state index in [-0.39, 0.29) is 6.61 Å². The van der Waals surface area contributed by atoms with E-state index in [0.717, 1.165) is 12.2 Å². The summed E-state index contributed by atoms with van der Waals surface area (Å²) < 4.78 is 10.1. The SMILES string of the molecule is COCC(C)Cc1ocnc1CO. The summed E-state index contributed by atoms with van der Waals surface area (Å²) in [6.45, 7) is 2.68. The number of nitrogens with zero attached hydrogens (tertiary/aromatic N) is 1. The second-order valence-electron chi connectivity index (χ2n) is 3.14. The molecule has 1 rings (SSSR count). The highest BCUT2D eigenvalue weighted by atomic mass is 16.5. The summed E-state index contributed by atoms with van der Waals surface area (Å²) >= 11 is 0. The molecule has 1 aromatic rings. The van der Waals surface area contributed by atoms with E-state index >= 15 is 0 Å². The van der Waals surface area contributed by atoms with Crippen molar-refractivity contribution in [1.29, 1.82) is 0 Å². The van der Waals surface area contributed by atoms with E-state index in [2.05, 4.69) is 11.9 Å². The van der Waals surface area contributed by atoms with Crippen LogP contribution in [-0.2, 0) is 17.8 Å². The van der Waals surface area contributed by atoms with Crippen LogP contribution in [0.1, 0.15) is 18.4 Å². The third-order valence-electron chi connectivity index (χ3n) is 1.86. The van der Waals surface area contributed by atoms with E-state index in [9.17, 15) is 0 Å². The van der Waals surface area contributed by atoms with Crippen LogP contribution >= 0.6 is 0 Å². The van der Waals surface area contributed by atoms with Crippen molar-refractivity contribution in [2.24, 2.45) is 5.92 Å². The topological polar surface area (TPSA) is 55.5 Å². The normalized spacial score (nSPS) is 13.2. The molecule has 0 aromatic carbocycles. The third kappa shape index (κ3) is 2.82. The average molecular weight is 185 g/mol. The van der Waals surface area contributed by atoms with Crippen LogP contribution in [0.15, 0.2) is 10.8 Å². The Hall–Kier alpha value is -0.870. The number of oxazole rings is 1. The molecule has 0 aliphatic heterocycles. The Balaban J connectivity index is 2.52. The molecule has 0 amide bonds. The van der Waals surface area contributed by atoms with Gasteiger partial charge in [-0.05, 0) is 5.92 Å². The Kier molecular flexibility index (Phi) is 3.92. The van der Waals surface area contributed by atoms with Crippen LogP contribution in [0.25, 0.3) is 0 Å². The molecular weight excluding hydrogens is 170 g/mol. The van der Waals surface area contributed by atoms with Crippen molar-refractivity contribution in [3.8, 4) is 0 Å². The second-order valence-corrected chi connectivity index (χ2v) is 3.14. The van der Waals surface area contributed by atoms with Crippen LogP contribution in [0, 0.1) is 5.92 Å². The van der Waals surface area contributed by atoms with Crippen molar-refractivity contribution in [1.82, 2.24) is 4.98 Å². The molecular formula is C9H15NO3. The molecule has 0 fully saturated rings. The monoisotopic (exact) mass is 185 g/mol. The van der Waals surface area contributed by atoms with Crippen LogP contribution < -0.4 is 0 Å². The van der Waals surface area contributed by atoms with Crippen LogP contribution in [0.5, 0.6) is 0 Å². The Morgan fingerprint density at radius 2 is 2.46 bits per heavy atom. The highest BCUT2D eigenvalue weighted by Gasteiger charge is 2.11. The Morgan fingerprint density at radius 1 is 1.69 bits per heavy atom. The summed E-state index contributed by atoms with van der Waals surface area (Å²) in [4.78, 5) is 3.89. The first kappa shape index (κ1) is 10.2. The zero-order valence-corrected chi connectivity index (χ0v) is 7.99. The smallest absolute Gasteiger partial charge is 0.181 e. The Bertz CT molecular complexity index is 247. The van der Waals surface area contributed by atoms with Crippen molar-refractivity contribution >= 4 is 0 Å². The van der Waals surface area contributed by atoms with Gasteiger partial charge < -0.3 is 14.3 Å². The van der Waals surface area contributed by atoms with E-state index in [1.807, 2.05) is 0 Å². The second kappa shape index (κ2) is 4.99. The highest BCUT2D eigenvalue weighted by Crippen LogP contribution is 2.12. The molecule has 1 aromatic heterocycles. The molecule has 74 valence electrons. The molecule has 0 saturated carbocycles. The summed E-state index contributed by atoms with van der Waals surface area (Å²) in [7, 11) is 1.67. The van der Waals surface area contributed by atoms with Gasteiger partial charge in [0.15, 0.2) is 6.39 Å². The Morgan fingerprint density at radius 3 is 3.08 bits per heavy atom. The third-order valence-corrected chi connectivity index (χ3v) is 1.86. The van der Waals surface area contributed by atoms with Gasteiger partial charge in [-0.1, -0.05) is 6.92 Å². The lowest BCUT2D eigenvalue weighted by Crippen LogP contribution is -2.07. The number of aliphatic hydroxyl groups excluding tert-OH is 1. The van der Waals surface area contributed by atoms with Crippen molar-refractivity contribution < 1.29 is 14.3 Å². The molecule has 1 N–H and O–H groups in total. The van der Waals surface area contributed by atoms with E-state index in [1.165, 1.54) is 6.39 Å². The number of aliphatic hydroxyl groups is 1. The molecule has 0 aliphatic carbocycles. The zero-order valence-electron chi connectivity index (χ0n) is 7.99. The summed E-state index contributed by atoms with van der Waals surface area (Å²) in [5.74, 6) is 1.13. The van der Waals surface area contributed by atoms with Gasteiger partial charge in [-0.15, -0.1) is 0 Å². The van der Waals surface area contributed by atoms with Crippen molar-refractivity contribution in [3.05, 3.63) is 17.8 Å². The molecule has 13 heavy (non-hydrogen) atoms. The number of methoxy groups -OCH3 is 1. The van der Waals surface area contributed by atoms with Gasteiger partial charge in [0.1, 0.15) is 11.5 Å². The molecule has 1 unspecified atom stereocenters. The first-order valence-electron chi connectivity index (χ1n) is 4.29. The molecule has 0 spiro atoms. The lowest BCUT2D eigenvalue weighted by molar-refractivity contribution is 0.156. The summed E-state index contributed by atoms with van der Waals surface area (Å²) in [6, 6.07) is 0. The molecule has 0 radical (unpaired) electrons. The van der Waals surface area contributed by atoms with Gasteiger partial charge in [0.25, 0.3) is 0 Å². The number of ether oxygens (including phenoxy) is 1. The highest BCUT2D eigenvalue weighted by molar-refractivity contribution is 5.06. The minimum atomic E-state index is -0.0640. The molecule has 1 heterocycles. The fourth-order valence-corrected chi connectivity index (χ4v) is 1.25. The maximum absolute atomic E-state index is 8.90. The van der Waals surface area contributed by atoms with E-state index in [0.29, 0.717) is 18.2 Å². The molecule has 4 heteroatoms. The van der Waals surface area contributed by atoms with Gasteiger partial charge in [-0.3, -0.25) is 0 Å². The first-order chi connectivity index (χ1) is 6.27. The van der Waals surface area contributed by atoms with E-state index in [1.54, 1.807) is 7.11 Å². The number of hydrogen-bond donors (Lipinski definition) is 1.